The van der Waals surface area contributed by atoms with Gasteiger partial charge in [-0.15, -0.1) is 5.11 Å². The Morgan fingerprint density at radius 1 is 1.04 bits per heavy atom. The number of methoxy groups -OCH3 is 1. The molecule has 0 heterocycles. The maximum Gasteiger partial charge on any atom is 0.296 e. The van der Waals surface area contributed by atoms with Crippen LogP contribution in [0.4, 0.5) is 17.1 Å². The predicted octanol–water partition coefficient (Wildman–Crippen LogP) is 3.86. The highest BCUT2D eigenvalue weighted by Gasteiger charge is 2.18. The third kappa shape index (κ3) is 3.72. The van der Waals surface area contributed by atoms with Crippen LogP contribution >= 0.6 is 0 Å². The van der Waals surface area contributed by atoms with Crippen LogP contribution in [0.5, 0.6) is 5.75 Å². The number of hydrogen-bond acceptors (Lipinski definition) is 6. The number of ether oxygens (including phenoxy) is 1. The molecule has 0 aromatic heterocycles. The predicted molar refractivity (Wildman–Crippen MR) is 92.1 cm³/mol. The van der Waals surface area contributed by atoms with Crippen LogP contribution in [0, 0.1) is 20.8 Å². The van der Waals surface area contributed by atoms with Gasteiger partial charge in [0.2, 0.25) is 0 Å². The Bertz CT molecular complexity index is 921. The van der Waals surface area contributed by atoms with Crippen LogP contribution in [0.25, 0.3) is 0 Å². The summed E-state index contributed by atoms with van der Waals surface area (Å²) in [4.78, 5) is -0.274. The molecule has 0 unspecified atom stereocenters. The van der Waals surface area contributed by atoms with E-state index in [1.54, 1.807) is 39.0 Å². The SMILES string of the molecule is COc1cc(N=Nc2c(C)cc(C)cc2S(=O)(=O)O)c(C)cc1N. The monoisotopic (exact) mass is 349 g/mol. The summed E-state index contributed by atoms with van der Waals surface area (Å²) in [6, 6.07) is 6.43. The van der Waals surface area contributed by atoms with Crippen molar-refractivity contribution in [3.8, 4) is 5.75 Å². The highest BCUT2D eigenvalue weighted by molar-refractivity contribution is 7.86. The van der Waals surface area contributed by atoms with Gasteiger partial charge in [0.1, 0.15) is 16.3 Å². The molecule has 7 nitrogen and oxygen atoms in total. The Hall–Kier alpha value is -2.45. The van der Waals surface area contributed by atoms with Gasteiger partial charge in [-0.2, -0.15) is 13.5 Å². The van der Waals surface area contributed by atoms with Crippen molar-refractivity contribution in [2.45, 2.75) is 25.7 Å². The van der Waals surface area contributed by atoms with Crippen molar-refractivity contribution in [1.29, 1.82) is 0 Å². The van der Waals surface area contributed by atoms with Crippen LogP contribution in [0.15, 0.2) is 39.4 Å². The highest BCUT2D eigenvalue weighted by Crippen LogP contribution is 2.34. The van der Waals surface area contributed by atoms with Crippen molar-refractivity contribution in [3.63, 3.8) is 0 Å². The zero-order valence-corrected chi connectivity index (χ0v) is 14.7. The van der Waals surface area contributed by atoms with Gasteiger partial charge in [-0.1, -0.05) is 6.07 Å². The summed E-state index contributed by atoms with van der Waals surface area (Å²) in [5, 5.41) is 8.14. The van der Waals surface area contributed by atoms with Gasteiger partial charge < -0.3 is 10.5 Å². The molecule has 8 heteroatoms. The average molecular weight is 349 g/mol. The lowest BCUT2D eigenvalue weighted by Gasteiger charge is -2.09. The minimum absolute atomic E-state index is 0.0956. The second-order valence-corrected chi connectivity index (χ2v) is 6.87. The first-order chi connectivity index (χ1) is 11.1. The fourth-order valence-corrected chi connectivity index (χ4v) is 3.11. The molecule has 0 aliphatic carbocycles. The van der Waals surface area contributed by atoms with Crippen LogP contribution in [-0.2, 0) is 10.1 Å². The van der Waals surface area contributed by atoms with E-state index in [1.807, 2.05) is 0 Å². The van der Waals surface area contributed by atoms with E-state index in [9.17, 15) is 13.0 Å². The molecule has 0 spiro atoms. The molecule has 0 radical (unpaired) electrons. The molecular weight excluding hydrogens is 330 g/mol. The summed E-state index contributed by atoms with van der Waals surface area (Å²) in [6.45, 7) is 5.24. The van der Waals surface area contributed by atoms with Crippen LogP contribution in [0.1, 0.15) is 16.7 Å². The zero-order valence-electron chi connectivity index (χ0n) is 13.9. The molecular formula is C16H19N3O4S. The molecule has 2 aromatic rings. The van der Waals surface area contributed by atoms with Crippen LogP contribution < -0.4 is 10.5 Å². The molecule has 0 amide bonds. The zero-order chi connectivity index (χ0) is 18.1. The molecule has 3 N–H and O–H groups in total. The molecule has 2 rings (SSSR count). The minimum Gasteiger partial charge on any atom is -0.495 e. The van der Waals surface area contributed by atoms with Gasteiger partial charge in [0.15, 0.2) is 0 Å². The molecule has 0 saturated carbocycles. The lowest BCUT2D eigenvalue weighted by molar-refractivity contribution is 0.417. The second-order valence-electron chi connectivity index (χ2n) is 5.48. The van der Waals surface area contributed by atoms with E-state index in [0.29, 0.717) is 28.3 Å². The van der Waals surface area contributed by atoms with Gasteiger partial charge in [-0.25, -0.2) is 0 Å². The number of azo groups is 1. The summed E-state index contributed by atoms with van der Waals surface area (Å²) < 4.78 is 37.8. The van der Waals surface area contributed by atoms with Gasteiger partial charge in [0.05, 0.1) is 18.5 Å². The second kappa shape index (κ2) is 6.58. The van der Waals surface area contributed by atoms with Crippen molar-refractivity contribution in [2.75, 3.05) is 12.8 Å². The van der Waals surface area contributed by atoms with Crippen molar-refractivity contribution < 1.29 is 17.7 Å². The number of rotatable bonds is 4. The van der Waals surface area contributed by atoms with Gasteiger partial charge in [-0.05, 0) is 49.6 Å². The van der Waals surface area contributed by atoms with Crippen molar-refractivity contribution >= 4 is 27.2 Å². The third-order valence-corrected chi connectivity index (χ3v) is 4.36. The summed E-state index contributed by atoms with van der Waals surface area (Å²) in [5.74, 6) is 0.449. The number of hydrogen-bond donors (Lipinski definition) is 2. The molecule has 0 aliphatic heterocycles. The number of nitrogen functional groups attached to an aromatic ring is 1. The third-order valence-electron chi connectivity index (χ3n) is 3.49. The van der Waals surface area contributed by atoms with E-state index in [2.05, 4.69) is 10.2 Å². The topological polar surface area (TPSA) is 114 Å². The normalized spacial score (nSPS) is 11.9. The largest absolute Gasteiger partial charge is 0.495 e. The maximum atomic E-state index is 11.6. The molecule has 0 bridgehead atoms. The molecule has 128 valence electrons. The van der Waals surface area contributed by atoms with Crippen molar-refractivity contribution in [2.24, 2.45) is 10.2 Å². The van der Waals surface area contributed by atoms with Gasteiger partial charge in [0, 0.05) is 6.07 Å². The number of benzene rings is 2. The summed E-state index contributed by atoms with van der Waals surface area (Å²) in [5.41, 5.74) is 8.92. The first-order valence-electron chi connectivity index (χ1n) is 7.08. The van der Waals surface area contributed by atoms with E-state index in [1.165, 1.54) is 13.2 Å². The standard InChI is InChI=1S/C16H19N3O4S/c1-9-5-11(3)16(15(6-9)24(20,21)22)19-18-13-8-14(23-4)12(17)7-10(13)2/h5-8H,17H2,1-4H3,(H,20,21,22). The molecule has 0 atom stereocenters. The van der Waals surface area contributed by atoms with E-state index in [-0.39, 0.29) is 10.6 Å². The Morgan fingerprint density at radius 2 is 1.71 bits per heavy atom. The fraction of sp³-hybridized carbons (Fsp3) is 0.250. The van der Waals surface area contributed by atoms with E-state index in [4.69, 9.17) is 10.5 Å². The fourth-order valence-electron chi connectivity index (χ4n) is 2.33. The van der Waals surface area contributed by atoms with Crippen molar-refractivity contribution in [3.05, 3.63) is 41.0 Å². The van der Waals surface area contributed by atoms with Gasteiger partial charge >= 0.3 is 0 Å². The number of aryl methyl sites for hydroxylation is 3. The molecule has 0 fully saturated rings. The van der Waals surface area contributed by atoms with E-state index >= 15 is 0 Å². The average Bonchev–Trinajstić information content (AvgIpc) is 2.46. The molecule has 0 saturated heterocycles. The Kier molecular flexibility index (Phi) is 4.91. The first-order valence-corrected chi connectivity index (χ1v) is 8.52. The van der Waals surface area contributed by atoms with Crippen LogP contribution in [0.2, 0.25) is 0 Å². The van der Waals surface area contributed by atoms with Crippen LogP contribution in [-0.4, -0.2) is 20.1 Å². The van der Waals surface area contributed by atoms with Gasteiger partial charge in [-0.3, -0.25) is 4.55 Å². The van der Waals surface area contributed by atoms with E-state index < -0.39 is 10.1 Å². The van der Waals surface area contributed by atoms with Crippen molar-refractivity contribution in [1.82, 2.24) is 0 Å². The minimum atomic E-state index is -4.41. The molecule has 0 aliphatic rings. The smallest absolute Gasteiger partial charge is 0.296 e. The van der Waals surface area contributed by atoms with E-state index in [0.717, 1.165) is 5.56 Å². The number of nitrogens with zero attached hydrogens (tertiary/aromatic N) is 2. The lowest BCUT2D eigenvalue weighted by Crippen LogP contribution is -2.00. The summed E-state index contributed by atoms with van der Waals surface area (Å²) >= 11 is 0. The number of anilines is 1. The first kappa shape index (κ1) is 17.9. The quantitative estimate of drug-likeness (QED) is 0.494. The Balaban J connectivity index is 2.58. The van der Waals surface area contributed by atoms with Crippen LogP contribution in [0.3, 0.4) is 0 Å². The number of nitrogens with two attached hydrogens (primary N) is 1. The Morgan fingerprint density at radius 3 is 2.29 bits per heavy atom. The highest BCUT2D eigenvalue weighted by atomic mass is 32.2. The molecule has 24 heavy (non-hydrogen) atoms. The Labute approximate surface area is 140 Å². The molecule has 2 aromatic carbocycles. The lowest BCUT2D eigenvalue weighted by atomic mass is 10.1. The van der Waals surface area contributed by atoms with Gasteiger partial charge in [0.25, 0.3) is 10.1 Å². The summed E-state index contributed by atoms with van der Waals surface area (Å²) in [7, 11) is -2.92. The summed E-state index contributed by atoms with van der Waals surface area (Å²) in [6.07, 6.45) is 0. The maximum absolute atomic E-state index is 11.6.